The molecule has 8 heteroatoms. The third-order valence-corrected chi connectivity index (χ3v) is 7.50. The van der Waals surface area contributed by atoms with Crippen LogP contribution in [0.25, 0.3) is 17.2 Å². The smallest absolute Gasteiger partial charge is 0.279 e. The standard InChI is InChI=1S/C29H33N5O3/c1-17(2)25-20(5)33(15-24(36)30-23-11-6-18(3)14-19(23)4)28-31-26(32-34(28)27(25)37)21-7-9-22(10-8-21)29(16-35)12-13-29/h6-11,14,17,35H,12-13,15-16H2,1-5H3,(H,30,36). The lowest BCUT2D eigenvalue weighted by atomic mass is 9.96. The molecule has 2 aromatic heterocycles. The number of aromatic nitrogens is 4. The van der Waals surface area contributed by atoms with E-state index in [-0.39, 0.29) is 36.0 Å². The van der Waals surface area contributed by atoms with Gasteiger partial charge in [0.05, 0.1) is 6.61 Å². The molecule has 1 amide bonds. The van der Waals surface area contributed by atoms with Crippen LogP contribution in [0.15, 0.2) is 47.3 Å². The minimum absolute atomic E-state index is 0.00125. The van der Waals surface area contributed by atoms with Gasteiger partial charge < -0.3 is 15.0 Å². The molecule has 0 atom stereocenters. The zero-order valence-corrected chi connectivity index (χ0v) is 22.0. The molecule has 2 aromatic carbocycles. The Morgan fingerprint density at radius 3 is 2.41 bits per heavy atom. The van der Waals surface area contributed by atoms with Crippen molar-refractivity contribution in [1.82, 2.24) is 19.2 Å². The highest BCUT2D eigenvalue weighted by Crippen LogP contribution is 2.47. The number of fused-ring (bicyclic) bond motifs is 1. The molecule has 0 bridgehead atoms. The lowest BCUT2D eigenvalue weighted by Gasteiger charge is -2.17. The van der Waals surface area contributed by atoms with Gasteiger partial charge in [-0.05, 0) is 56.7 Å². The van der Waals surface area contributed by atoms with E-state index in [1.165, 1.54) is 4.52 Å². The molecule has 0 saturated heterocycles. The van der Waals surface area contributed by atoms with Crippen LogP contribution in [0.1, 0.15) is 60.6 Å². The van der Waals surface area contributed by atoms with Crippen LogP contribution < -0.4 is 10.9 Å². The number of nitrogens with zero attached hydrogens (tertiary/aromatic N) is 4. The number of carbonyl (C=O) groups excluding carboxylic acids is 1. The number of rotatable bonds is 7. The Kier molecular flexibility index (Phi) is 6.23. The van der Waals surface area contributed by atoms with E-state index >= 15 is 0 Å². The van der Waals surface area contributed by atoms with Crippen molar-refractivity contribution >= 4 is 17.4 Å². The Hall–Kier alpha value is -3.78. The summed E-state index contributed by atoms with van der Waals surface area (Å²) in [6.45, 7) is 9.89. The molecule has 1 aliphatic carbocycles. The molecule has 192 valence electrons. The summed E-state index contributed by atoms with van der Waals surface area (Å²) in [4.78, 5) is 31.2. The number of carbonyl (C=O) groups is 1. The molecule has 8 nitrogen and oxygen atoms in total. The fourth-order valence-corrected chi connectivity index (χ4v) is 5.10. The summed E-state index contributed by atoms with van der Waals surface area (Å²) < 4.78 is 3.08. The van der Waals surface area contributed by atoms with Crippen LogP contribution in [-0.4, -0.2) is 36.8 Å². The van der Waals surface area contributed by atoms with Crippen molar-refractivity contribution in [3.8, 4) is 11.4 Å². The number of aryl methyl sites for hydroxylation is 2. The highest BCUT2D eigenvalue weighted by atomic mass is 16.3. The molecule has 2 N–H and O–H groups in total. The monoisotopic (exact) mass is 499 g/mol. The van der Waals surface area contributed by atoms with Crippen molar-refractivity contribution in [2.45, 2.75) is 65.3 Å². The summed E-state index contributed by atoms with van der Waals surface area (Å²) >= 11 is 0. The number of aliphatic hydroxyl groups excluding tert-OH is 1. The predicted octanol–water partition coefficient (Wildman–Crippen LogP) is 4.27. The maximum absolute atomic E-state index is 13.4. The van der Waals surface area contributed by atoms with Crippen molar-refractivity contribution in [1.29, 1.82) is 0 Å². The predicted molar refractivity (Wildman–Crippen MR) is 144 cm³/mol. The third-order valence-electron chi connectivity index (χ3n) is 7.50. The minimum atomic E-state index is -0.221. The second-order valence-corrected chi connectivity index (χ2v) is 10.6. The van der Waals surface area contributed by atoms with E-state index in [0.717, 1.165) is 40.8 Å². The van der Waals surface area contributed by atoms with Gasteiger partial charge in [0.15, 0.2) is 5.82 Å². The fourth-order valence-electron chi connectivity index (χ4n) is 5.10. The molecular weight excluding hydrogens is 466 g/mol. The topological polar surface area (TPSA) is 102 Å². The Morgan fingerprint density at radius 2 is 1.81 bits per heavy atom. The van der Waals surface area contributed by atoms with Gasteiger partial charge in [-0.1, -0.05) is 55.8 Å². The van der Waals surface area contributed by atoms with Crippen LogP contribution >= 0.6 is 0 Å². The van der Waals surface area contributed by atoms with Gasteiger partial charge in [-0.15, -0.1) is 5.10 Å². The number of benzene rings is 2. The number of aliphatic hydroxyl groups is 1. The molecule has 1 fully saturated rings. The first-order valence-electron chi connectivity index (χ1n) is 12.7. The Bertz CT molecular complexity index is 1560. The number of anilines is 1. The highest BCUT2D eigenvalue weighted by molar-refractivity contribution is 5.91. The van der Waals surface area contributed by atoms with Crippen LogP contribution in [0.4, 0.5) is 5.69 Å². The second-order valence-electron chi connectivity index (χ2n) is 10.6. The van der Waals surface area contributed by atoms with Crippen LogP contribution in [0.5, 0.6) is 0 Å². The van der Waals surface area contributed by atoms with Gasteiger partial charge in [0.2, 0.25) is 11.7 Å². The summed E-state index contributed by atoms with van der Waals surface area (Å²) in [6.07, 6.45) is 1.97. The maximum Gasteiger partial charge on any atom is 0.279 e. The van der Waals surface area contributed by atoms with Crippen LogP contribution in [0.2, 0.25) is 0 Å². The van der Waals surface area contributed by atoms with E-state index in [4.69, 9.17) is 4.98 Å². The van der Waals surface area contributed by atoms with Gasteiger partial charge in [-0.3, -0.25) is 9.59 Å². The lowest BCUT2D eigenvalue weighted by Crippen LogP contribution is -2.30. The van der Waals surface area contributed by atoms with E-state index in [2.05, 4.69) is 10.4 Å². The van der Waals surface area contributed by atoms with Gasteiger partial charge in [-0.25, -0.2) is 0 Å². The van der Waals surface area contributed by atoms with Crippen LogP contribution in [-0.2, 0) is 16.8 Å². The second kappa shape index (κ2) is 9.27. The number of amides is 1. The summed E-state index contributed by atoms with van der Waals surface area (Å²) in [6, 6.07) is 13.7. The fraction of sp³-hybridized carbons (Fsp3) is 0.379. The molecule has 0 radical (unpaired) electrons. The molecule has 2 heterocycles. The lowest BCUT2D eigenvalue weighted by molar-refractivity contribution is -0.116. The van der Waals surface area contributed by atoms with E-state index in [0.29, 0.717) is 22.9 Å². The Morgan fingerprint density at radius 1 is 1.11 bits per heavy atom. The minimum Gasteiger partial charge on any atom is -0.395 e. The zero-order chi connectivity index (χ0) is 26.5. The summed E-state index contributed by atoms with van der Waals surface area (Å²) in [5.41, 5.74) is 5.71. The van der Waals surface area contributed by atoms with Gasteiger partial charge >= 0.3 is 0 Å². The maximum atomic E-state index is 13.4. The summed E-state index contributed by atoms with van der Waals surface area (Å²) in [5.74, 6) is 0.491. The normalized spacial score (nSPS) is 14.4. The van der Waals surface area contributed by atoms with Crippen molar-refractivity contribution in [3.63, 3.8) is 0 Å². The molecule has 4 aromatic rings. The molecule has 0 aliphatic heterocycles. The number of nitrogens with one attached hydrogen (secondary N) is 1. The van der Waals surface area contributed by atoms with Crippen LogP contribution in [0.3, 0.4) is 0 Å². The van der Waals surface area contributed by atoms with E-state index in [9.17, 15) is 14.7 Å². The summed E-state index contributed by atoms with van der Waals surface area (Å²) in [7, 11) is 0. The SMILES string of the molecule is Cc1ccc(NC(=O)Cn2c(C)c(C(C)C)c(=O)n3nc(-c4ccc(C5(CO)CC5)cc4)nc23)c(C)c1. The average molecular weight is 500 g/mol. The van der Waals surface area contributed by atoms with Crippen molar-refractivity contribution in [3.05, 3.63) is 80.8 Å². The Labute approximate surface area is 216 Å². The molecule has 5 rings (SSSR count). The quantitative estimate of drug-likeness (QED) is 0.395. The van der Waals surface area contributed by atoms with E-state index in [1.54, 1.807) is 4.57 Å². The highest BCUT2D eigenvalue weighted by Gasteiger charge is 2.43. The van der Waals surface area contributed by atoms with Crippen molar-refractivity contribution < 1.29 is 9.90 Å². The Balaban J connectivity index is 1.54. The molecule has 37 heavy (non-hydrogen) atoms. The van der Waals surface area contributed by atoms with Crippen LogP contribution in [0, 0.1) is 20.8 Å². The van der Waals surface area contributed by atoms with E-state index < -0.39 is 0 Å². The molecule has 1 aliphatic rings. The van der Waals surface area contributed by atoms with Gasteiger partial charge in [-0.2, -0.15) is 9.50 Å². The number of hydrogen-bond donors (Lipinski definition) is 2. The molecule has 1 saturated carbocycles. The third kappa shape index (κ3) is 4.46. The first-order valence-corrected chi connectivity index (χ1v) is 12.7. The van der Waals surface area contributed by atoms with Gasteiger partial charge in [0.25, 0.3) is 5.56 Å². The first-order chi connectivity index (χ1) is 17.6. The zero-order valence-electron chi connectivity index (χ0n) is 22.0. The molecule has 0 spiro atoms. The number of hydrogen-bond acceptors (Lipinski definition) is 5. The van der Waals surface area contributed by atoms with Crippen molar-refractivity contribution in [2.75, 3.05) is 11.9 Å². The summed E-state index contributed by atoms with van der Waals surface area (Å²) in [5, 5.41) is 17.3. The largest absolute Gasteiger partial charge is 0.395 e. The van der Waals surface area contributed by atoms with Crippen molar-refractivity contribution in [2.24, 2.45) is 0 Å². The van der Waals surface area contributed by atoms with E-state index in [1.807, 2.05) is 77.1 Å². The molecular formula is C29H33N5O3. The van der Waals surface area contributed by atoms with Gasteiger partial charge in [0.1, 0.15) is 6.54 Å². The average Bonchev–Trinajstić information content (AvgIpc) is 3.54. The molecule has 0 unspecified atom stereocenters. The first kappa shape index (κ1) is 24.9. The van der Waals surface area contributed by atoms with Gasteiger partial charge in [0, 0.05) is 27.9 Å².